The molecule has 2 aromatic carbocycles. The van der Waals surface area contributed by atoms with Gasteiger partial charge in [-0.15, -0.1) is 0 Å². The fraction of sp³-hybridized carbons (Fsp3) is 0.240. The number of likely N-dealkylation sites (tertiary alicyclic amines) is 1. The van der Waals surface area contributed by atoms with E-state index in [9.17, 15) is 9.59 Å². The Bertz CT molecular complexity index is 1300. The lowest BCUT2D eigenvalue weighted by Gasteiger charge is -2.31. The molecule has 4 aromatic rings. The van der Waals surface area contributed by atoms with E-state index < -0.39 is 0 Å². The number of amides is 2. The molecule has 0 bridgehead atoms. The molecular weight excluding hydrogens is 468 g/mol. The van der Waals surface area contributed by atoms with Gasteiger partial charge in [0, 0.05) is 41.4 Å². The van der Waals surface area contributed by atoms with Crippen molar-refractivity contribution in [3.05, 3.63) is 82.7 Å². The van der Waals surface area contributed by atoms with Crippen molar-refractivity contribution in [1.82, 2.24) is 19.6 Å². The second-order valence-electron chi connectivity index (χ2n) is 8.16. The lowest BCUT2D eigenvalue weighted by molar-refractivity contribution is -0.126. The summed E-state index contributed by atoms with van der Waals surface area (Å²) in [5, 5.41) is 5.05. The predicted molar refractivity (Wildman–Crippen MR) is 127 cm³/mol. The van der Waals surface area contributed by atoms with Crippen LogP contribution in [0.5, 0.6) is 0 Å². The molecule has 0 aliphatic carbocycles. The number of aromatic nitrogens is 2. The Morgan fingerprint density at radius 1 is 1.00 bits per heavy atom. The number of nitrogens with zero attached hydrogens (tertiary/aromatic N) is 3. The molecule has 3 heterocycles. The zero-order chi connectivity index (χ0) is 22.1. The third-order valence-corrected chi connectivity index (χ3v) is 6.55. The molecule has 1 aliphatic rings. The summed E-state index contributed by atoms with van der Waals surface area (Å²) in [5.74, 6) is -0.0187. The fourth-order valence-electron chi connectivity index (χ4n) is 4.35. The van der Waals surface area contributed by atoms with Gasteiger partial charge in [0.05, 0.1) is 12.2 Å². The molecule has 0 atom stereocenters. The van der Waals surface area contributed by atoms with Crippen molar-refractivity contribution in [2.24, 2.45) is 5.92 Å². The van der Waals surface area contributed by atoms with Crippen LogP contribution in [0.15, 0.2) is 71.5 Å². The summed E-state index contributed by atoms with van der Waals surface area (Å²) in [4.78, 5) is 32.2. The van der Waals surface area contributed by atoms with Crippen molar-refractivity contribution in [3.63, 3.8) is 0 Å². The number of carbonyl (C=O) groups excluding carboxylic acids is 2. The monoisotopic (exact) mass is 490 g/mol. The maximum atomic E-state index is 13.1. The van der Waals surface area contributed by atoms with Crippen molar-refractivity contribution in [1.29, 1.82) is 0 Å². The Hall–Kier alpha value is -3.19. The van der Waals surface area contributed by atoms with Gasteiger partial charge in [-0.1, -0.05) is 36.4 Å². The lowest BCUT2D eigenvalue weighted by Crippen LogP contribution is -2.43. The summed E-state index contributed by atoms with van der Waals surface area (Å²) >= 11 is 3.45. The van der Waals surface area contributed by atoms with Crippen LogP contribution in [0.25, 0.3) is 16.4 Å². The van der Waals surface area contributed by atoms with Gasteiger partial charge in [0.1, 0.15) is 5.65 Å². The first-order chi connectivity index (χ1) is 15.6. The van der Waals surface area contributed by atoms with Crippen LogP contribution in [-0.2, 0) is 11.3 Å². The first-order valence-electron chi connectivity index (χ1n) is 10.8. The molecule has 0 radical (unpaired) electrons. The molecule has 1 N–H and O–H groups in total. The maximum absolute atomic E-state index is 13.1. The maximum Gasteiger partial charge on any atom is 0.254 e. The van der Waals surface area contributed by atoms with Crippen LogP contribution in [0.4, 0.5) is 0 Å². The minimum atomic E-state index is -0.0854. The van der Waals surface area contributed by atoms with Gasteiger partial charge in [0.25, 0.3) is 5.91 Å². The van der Waals surface area contributed by atoms with Gasteiger partial charge in [0.15, 0.2) is 0 Å². The van der Waals surface area contributed by atoms with E-state index in [2.05, 4.69) is 26.2 Å². The molecule has 5 rings (SSSR count). The molecule has 7 heteroatoms. The van der Waals surface area contributed by atoms with E-state index in [0.29, 0.717) is 32.5 Å². The Kier molecular flexibility index (Phi) is 5.66. The van der Waals surface area contributed by atoms with Crippen LogP contribution >= 0.6 is 15.9 Å². The highest BCUT2D eigenvalue weighted by Crippen LogP contribution is 2.24. The van der Waals surface area contributed by atoms with Crippen LogP contribution in [0.2, 0.25) is 0 Å². The first kappa shape index (κ1) is 20.7. The number of halogens is 1. The third kappa shape index (κ3) is 4.12. The van der Waals surface area contributed by atoms with Gasteiger partial charge >= 0.3 is 0 Å². The van der Waals surface area contributed by atoms with Crippen LogP contribution in [-0.4, -0.2) is 39.2 Å². The Labute approximate surface area is 194 Å². The molecule has 162 valence electrons. The summed E-state index contributed by atoms with van der Waals surface area (Å²) in [6.45, 7) is 1.57. The summed E-state index contributed by atoms with van der Waals surface area (Å²) in [7, 11) is 0. The summed E-state index contributed by atoms with van der Waals surface area (Å²) in [5.41, 5.74) is 2.39. The highest BCUT2D eigenvalue weighted by molar-refractivity contribution is 9.10. The van der Waals surface area contributed by atoms with E-state index in [4.69, 9.17) is 0 Å². The molecule has 2 amide bonds. The summed E-state index contributed by atoms with van der Waals surface area (Å²) < 4.78 is 2.91. The van der Waals surface area contributed by atoms with E-state index in [-0.39, 0.29) is 17.7 Å². The average Bonchev–Trinajstić information content (AvgIpc) is 3.24. The number of pyridine rings is 1. The number of benzene rings is 2. The topological polar surface area (TPSA) is 66.7 Å². The number of imidazole rings is 1. The molecule has 1 fully saturated rings. The molecule has 0 unspecified atom stereocenters. The van der Waals surface area contributed by atoms with Gasteiger partial charge in [0.2, 0.25) is 5.91 Å². The highest BCUT2D eigenvalue weighted by Gasteiger charge is 2.28. The largest absolute Gasteiger partial charge is 0.350 e. The van der Waals surface area contributed by atoms with Crippen molar-refractivity contribution in [3.8, 4) is 0 Å². The number of hydrogen-bond donors (Lipinski definition) is 1. The molecule has 6 nitrogen and oxygen atoms in total. The van der Waals surface area contributed by atoms with Crippen LogP contribution in [0, 0.1) is 5.92 Å². The second-order valence-corrected chi connectivity index (χ2v) is 9.07. The molecule has 2 aromatic heterocycles. The smallest absolute Gasteiger partial charge is 0.254 e. The van der Waals surface area contributed by atoms with Crippen LogP contribution in [0.3, 0.4) is 0 Å². The molecule has 1 aliphatic heterocycles. The molecule has 1 saturated heterocycles. The van der Waals surface area contributed by atoms with E-state index in [1.807, 2.05) is 76.3 Å². The Balaban J connectivity index is 1.18. The van der Waals surface area contributed by atoms with Crippen LogP contribution in [0.1, 0.15) is 28.9 Å². The SMILES string of the molecule is O=C(NCc1cn2cc(Br)ccc2n1)C1CCN(C(=O)c2cccc3ccccc23)CC1. The molecule has 0 spiro atoms. The predicted octanol–water partition coefficient (Wildman–Crippen LogP) is 4.42. The van der Waals surface area contributed by atoms with Crippen molar-refractivity contribution in [2.45, 2.75) is 19.4 Å². The van der Waals surface area contributed by atoms with Gasteiger partial charge in [-0.3, -0.25) is 9.59 Å². The first-order valence-corrected chi connectivity index (χ1v) is 11.6. The average molecular weight is 491 g/mol. The Morgan fingerprint density at radius 2 is 1.78 bits per heavy atom. The summed E-state index contributed by atoms with van der Waals surface area (Å²) in [6, 6.07) is 17.6. The number of rotatable bonds is 4. The minimum absolute atomic E-state index is 0.0282. The molecular formula is C25H23BrN4O2. The lowest BCUT2D eigenvalue weighted by atomic mass is 9.95. The van der Waals surface area contributed by atoms with Crippen molar-refractivity contribution < 1.29 is 9.59 Å². The van der Waals surface area contributed by atoms with Crippen molar-refractivity contribution >= 4 is 44.2 Å². The van der Waals surface area contributed by atoms with Gasteiger partial charge < -0.3 is 14.6 Å². The van der Waals surface area contributed by atoms with Gasteiger partial charge in [-0.2, -0.15) is 0 Å². The standard InChI is InChI=1S/C25H23BrN4O2/c26-19-8-9-23-28-20(16-30(23)15-19)14-27-24(31)18-10-12-29(13-11-18)25(32)22-7-3-5-17-4-1-2-6-21(17)22/h1-9,15-16,18H,10-14H2,(H,27,31). The molecule has 0 saturated carbocycles. The minimum Gasteiger partial charge on any atom is -0.350 e. The van der Waals surface area contributed by atoms with Gasteiger partial charge in [-0.25, -0.2) is 4.98 Å². The number of piperidine rings is 1. The van der Waals surface area contributed by atoms with Crippen LogP contribution < -0.4 is 5.32 Å². The van der Waals surface area contributed by atoms with E-state index in [0.717, 1.165) is 32.1 Å². The van der Waals surface area contributed by atoms with Crippen molar-refractivity contribution in [2.75, 3.05) is 13.1 Å². The normalized spacial score (nSPS) is 14.7. The quantitative estimate of drug-likeness (QED) is 0.460. The second kappa shape index (κ2) is 8.74. The summed E-state index contributed by atoms with van der Waals surface area (Å²) in [6.07, 6.45) is 5.20. The molecule has 32 heavy (non-hydrogen) atoms. The van der Waals surface area contributed by atoms with E-state index >= 15 is 0 Å². The fourth-order valence-corrected chi connectivity index (χ4v) is 4.70. The van der Waals surface area contributed by atoms with E-state index in [1.165, 1.54) is 0 Å². The number of carbonyl (C=O) groups is 2. The number of nitrogens with one attached hydrogen (secondary N) is 1. The highest BCUT2D eigenvalue weighted by atomic mass is 79.9. The van der Waals surface area contributed by atoms with E-state index in [1.54, 1.807) is 0 Å². The number of fused-ring (bicyclic) bond motifs is 2. The Morgan fingerprint density at radius 3 is 2.62 bits per heavy atom. The van der Waals surface area contributed by atoms with Gasteiger partial charge in [-0.05, 0) is 57.7 Å². The zero-order valence-corrected chi connectivity index (χ0v) is 19.1. The third-order valence-electron chi connectivity index (χ3n) is 6.08. The zero-order valence-electron chi connectivity index (χ0n) is 17.5. The number of hydrogen-bond acceptors (Lipinski definition) is 3.